The molecule has 8 heteroatoms. The van der Waals surface area contributed by atoms with Gasteiger partial charge in [-0.2, -0.15) is 0 Å². The van der Waals surface area contributed by atoms with Crippen LogP contribution in [0.25, 0.3) is 11.1 Å². The lowest BCUT2D eigenvalue weighted by Crippen LogP contribution is -2.51. The van der Waals surface area contributed by atoms with Crippen molar-refractivity contribution in [2.45, 2.75) is 25.3 Å². The Labute approximate surface area is 192 Å². The molecular weight excluding hydrogens is 420 g/mol. The highest BCUT2D eigenvalue weighted by atomic mass is 16.2. The summed E-state index contributed by atoms with van der Waals surface area (Å²) < 4.78 is 0. The summed E-state index contributed by atoms with van der Waals surface area (Å²) in [6.45, 7) is 1.08. The lowest BCUT2D eigenvalue weighted by atomic mass is 9.95. The Morgan fingerprint density at radius 1 is 0.970 bits per heavy atom. The molecular formula is C25H28N4O4. The van der Waals surface area contributed by atoms with E-state index < -0.39 is 18.0 Å². The molecule has 2 heterocycles. The molecule has 2 aromatic rings. The highest BCUT2D eigenvalue weighted by Gasteiger charge is 2.35. The smallest absolute Gasteiger partial charge is 0.322 e. The van der Waals surface area contributed by atoms with Crippen LogP contribution in [-0.2, 0) is 20.8 Å². The molecule has 0 spiro atoms. The number of nitrogens with zero attached hydrogens (tertiary/aromatic N) is 2. The van der Waals surface area contributed by atoms with E-state index in [0.717, 1.165) is 16.7 Å². The van der Waals surface area contributed by atoms with Gasteiger partial charge in [0.1, 0.15) is 6.04 Å². The Bertz CT molecular complexity index is 1040. The highest BCUT2D eigenvalue weighted by molar-refractivity contribution is 5.98. The van der Waals surface area contributed by atoms with Crippen LogP contribution in [0.1, 0.15) is 18.4 Å². The molecule has 5 amide bonds. The van der Waals surface area contributed by atoms with Crippen LogP contribution in [0.5, 0.6) is 0 Å². The fraction of sp³-hybridized carbons (Fsp3) is 0.360. The zero-order chi connectivity index (χ0) is 23.4. The van der Waals surface area contributed by atoms with Gasteiger partial charge in [-0.25, -0.2) is 4.79 Å². The van der Waals surface area contributed by atoms with Gasteiger partial charge in [-0.3, -0.25) is 19.7 Å². The van der Waals surface area contributed by atoms with Crippen molar-refractivity contribution in [2.24, 2.45) is 5.92 Å². The first-order valence-corrected chi connectivity index (χ1v) is 11.2. The predicted molar refractivity (Wildman–Crippen MR) is 123 cm³/mol. The van der Waals surface area contributed by atoms with Crippen molar-refractivity contribution in [1.29, 1.82) is 0 Å². The third-order valence-corrected chi connectivity index (χ3v) is 6.24. The van der Waals surface area contributed by atoms with Gasteiger partial charge in [0, 0.05) is 33.1 Å². The maximum Gasteiger partial charge on any atom is 0.322 e. The first-order chi connectivity index (χ1) is 15.9. The Balaban J connectivity index is 1.47. The van der Waals surface area contributed by atoms with Gasteiger partial charge in [-0.15, -0.1) is 0 Å². The Morgan fingerprint density at radius 2 is 1.67 bits per heavy atom. The number of carbonyl (C=O) groups excluding carboxylic acids is 4. The van der Waals surface area contributed by atoms with E-state index in [1.165, 1.54) is 0 Å². The highest BCUT2D eigenvalue weighted by Crippen LogP contribution is 2.22. The van der Waals surface area contributed by atoms with E-state index in [0.29, 0.717) is 19.5 Å². The van der Waals surface area contributed by atoms with Crippen LogP contribution in [-0.4, -0.2) is 66.3 Å². The third kappa shape index (κ3) is 5.39. The number of imide groups is 1. The summed E-state index contributed by atoms with van der Waals surface area (Å²) in [6, 6.07) is 16.8. The molecule has 2 aliphatic rings. The molecule has 33 heavy (non-hydrogen) atoms. The second kappa shape index (κ2) is 9.85. The Kier molecular flexibility index (Phi) is 6.72. The molecule has 2 aromatic carbocycles. The number of hydrogen-bond donors (Lipinski definition) is 2. The van der Waals surface area contributed by atoms with Gasteiger partial charge in [-0.05, 0) is 29.5 Å². The zero-order valence-electron chi connectivity index (χ0n) is 18.6. The van der Waals surface area contributed by atoms with Gasteiger partial charge >= 0.3 is 6.03 Å². The number of hydrogen-bond acceptors (Lipinski definition) is 4. The summed E-state index contributed by atoms with van der Waals surface area (Å²) in [4.78, 5) is 52.9. The van der Waals surface area contributed by atoms with E-state index in [1.807, 2.05) is 42.5 Å². The number of rotatable bonds is 4. The van der Waals surface area contributed by atoms with Crippen LogP contribution in [0, 0.1) is 5.92 Å². The van der Waals surface area contributed by atoms with E-state index in [2.05, 4.69) is 22.8 Å². The van der Waals surface area contributed by atoms with Gasteiger partial charge in [0.2, 0.25) is 17.7 Å². The van der Waals surface area contributed by atoms with E-state index in [4.69, 9.17) is 0 Å². The molecule has 4 rings (SSSR count). The van der Waals surface area contributed by atoms with Gasteiger partial charge in [0.05, 0.1) is 5.92 Å². The molecule has 172 valence electrons. The molecule has 2 fully saturated rings. The lowest BCUT2D eigenvalue weighted by Gasteiger charge is -2.27. The number of benzene rings is 2. The molecule has 2 saturated heterocycles. The van der Waals surface area contributed by atoms with Crippen LogP contribution in [0.15, 0.2) is 54.6 Å². The average molecular weight is 449 g/mol. The van der Waals surface area contributed by atoms with E-state index >= 15 is 0 Å². The lowest BCUT2D eigenvalue weighted by molar-refractivity contribution is -0.135. The number of urea groups is 1. The second-order valence-electron chi connectivity index (χ2n) is 8.62. The van der Waals surface area contributed by atoms with Gasteiger partial charge in [0.25, 0.3) is 0 Å². The SMILES string of the molecule is CN1CCN(C(=O)[C@H]2CCC(=O)NC(=O)N2)C[C@H](Cc2ccc(-c3ccccc3)cc2)C1=O. The molecule has 0 aromatic heterocycles. The minimum atomic E-state index is -0.777. The van der Waals surface area contributed by atoms with Crippen molar-refractivity contribution in [3.8, 4) is 11.1 Å². The fourth-order valence-corrected chi connectivity index (χ4v) is 4.37. The normalized spacial score (nSPS) is 21.7. The molecule has 0 bridgehead atoms. The summed E-state index contributed by atoms with van der Waals surface area (Å²) in [6.07, 6.45) is 0.848. The Hall–Kier alpha value is -3.68. The van der Waals surface area contributed by atoms with Crippen LogP contribution in [0.2, 0.25) is 0 Å². The molecule has 0 saturated carbocycles. The predicted octanol–water partition coefficient (Wildman–Crippen LogP) is 1.80. The number of nitrogens with one attached hydrogen (secondary N) is 2. The van der Waals surface area contributed by atoms with Crippen LogP contribution in [0.4, 0.5) is 4.79 Å². The first-order valence-electron chi connectivity index (χ1n) is 11.2. The Morgan fingerprint density at radius 3 is 2.39 bits per heavy atom. The van der Waals surface area contributed by atoms with Crippen molar-refractivity contribution in [2.75, 3.05) is 26.7 Å². The van der Waals surface area contributed by atoms with Gasteiger partial charge < -0.3 is 15.1 Å². The standard InChI is InChI=1S/C25H28N4O4/c1-28-13-14-29(24(32)21-11-12-22(30)27-25(33)26-21)16-20(23(28)31)15-17-7-9-19(10-8-17)18-5-3-2-4-6-18/h2-10,20-21H,11-16H2,1H3,(H2,26,27,30,33)/t20-,21+/m0/s1. The molecule has 8 nitrogen and oxygen atoms in total. The minimum absolute atomic E-state index is 0.000757. The van der Waals surface area contributed by atoms with E-state index in [9.17, 15) is 19.2 Å². The first kappa shape index (κ1) is 22.5. The van der Waals surface area contributed by atoms with Crippen LogP contribution < -0.4 is 10.6 Å². The minimum Gasteiger partial charge on any atom is -0.344 e. The summed E-state index contributed by atoms with van der Waals surface area (Å²) in [5.41, 5.74) is 3.26. The molecule has 2 aliphatic heterocycles. The molecule has 0 radical (unpaired) electrons. The largest absolute Gasteiger partial charge is 0.344 e. The van der Waals surface area contributed by atoms with Gasteiger partial charge in [0.15, 0.2) is 0 Å². The second-order valence-corrected chi connectivity index (χ2v) is 8.62. The average Bonchev–Trinajstić information content (AvgIpc) is 3.08. The van der Waals surface area contributed by atoms with Crippen molar-refractivity contribution in [3.05, 3.63) is 60.2 Å². The number of carbonyl (C=O) groups is 4. The maximum absolute atomic E-state index is 13.2. The summed E-state index contributed by atoms with van der Waals surface area (Å²) in [7, 11) is 1.75. The van der Waals surface area contributed by atoms with Crippen molar-refractivity contribution < 1.29 is 19.2 Å². The van der Waals surface area contributed by atoms with Crippen molar-refractivity contribution in [1.82, 2.24) is 20.4 Å². The van der Waals surface area contributed by atoms with Crippen molar-refractivity contribution >= 4 is 23.8 Å². The number of amides is 5. The number of likely N-dealkylation sites (N-methyl/N-ethyl adjacent to an activating group) is 1. The quantitative estimate of drug-likeness (QED) is 0.745. The topological polar surface area (TPSA) is 98.8 Å². The fourth-order valence-electron chi connectivity index (χ4n) is 4.37. The van der Waals surface area contributed by atoms with Crippen LogP contribution >= 0.6 is 0 Å². The molecule has 2 atom stereocenters. The zero-order valence-corrected chi connectivity index (χ0v) is 18.6. The van der Waals surface area contributed by atoms with E-state index in [1.54, 1.807) is 16.8 Å². The van der Waals surface area contributed by atoms with E-state index in [-0.39, 0.29) is 37.1 Å². The third-order valence-electron chi connectivity index (χ3n) is 6.24. The maximum atomic E-state index is 13.2. The monoisotopic (exact) mass is 448 g/mol. The molecule has 0 aliphatic carbocycles. The summed E-state index contributed by atoms with van der Waals surface area (Å²) in [5, 5.41) is 4.77. The van der Waals surface area contributed by atoms with Crippen molar-refractivity contribution in [3.63, 3.8) is 0 Å². The van der Waals surface area contributed by atoms with Crippen LogP contribution in [0.3, 0.4) is 0 Å². The van der Waals surface area contributed by atoms with Gasteiger partial charge in [-0.1, -0.05) is 54.6 Å². The summed E-state index contributed by atoms with van der Waals surface area (Å²) >= 11 is 0. The summed E-state index contributed by atoms with van der Waals surface area (Å²) in [5.74, 6) is -1.04. The molecule has 2 N–H and O–H groups in total. The molecule has 0 unspecified atom stereocenters.